The van der Waals surface area contributed by atoms with Crippen molar-refractivity contribution in [1.29, 1.82) is 0 Å². The number of carbonyl (C=O) groups excluding carboxylic acids is 1. The predicted molar refractivity (Wildman–Crippen MR) is 32.8 cm³/mol. The monoisotopic (exact) mass is 153 g/mol. The molecule has 56 valence electrons. The molecule has 3 nitrogen and oxygen atoms in total. The number of hydrogen-bond donors (Lipinski definition) is 1. The highest BCUT2D eigenvalue weighted by Gasteiger charge is 1.86. The van der Waals surface area contributed by atoms with Crippen LogP contribution in [0.25, 0.3) is 0 Å². The Kier molecular flexibility index (Phi) is 18.3. The van der Waals surface area contributed by atoms with Gasteiger partial charge in [-0.3, -0.25) is 0 Å². The van der Waals surface area contributed by atoms with Crippen LogP contribution in [0.2, 0.25) is 0 Å². The Morgan fingerprint density at radius 3 is 2.33 bits per heavy atom. The van der Waals surface area contributed by atoms with Gasteiger partial charge in [0, 0.05) is 6.08 Å². The number of halogens is 1. The quantitative estimate of drug-likeness (QED) is 0.373. The largest absolute Gasteiger partial charge is 1.00 e. The van der Waals surface area contributed by atoms with Gasteiger partial charge in [0.05, 0.1) is 6.61 Å². The minimum absolute atomic E-state index is 0. The summed E-state index contributed by atoms with van der Waals surface area (Å²) in [6.07, 6.45) is 1.14. The van der Waals surface area contributed by atoms with Crippen molar-refractivity contribution >= 4 is 5.97 Å². The molecule has 0 atom stereocenters. The fourth-order valence-corrected chi connectivity index (χ4v) is 0.201. The number of hydrogen-bond acceptors (Lipinski definition) is 2. The second-order valence-corrected chi connectivity index (χ2v) is 0.956. The van der Waals surface area contributed by atoms with Crippen molar-refractivity contribution in [1.82, 2.24) is 6.15 Å². The molecule has 0 fully saturated rings. The molecule has 4 heteroatoms. The van der Waals surface area contributed by atoms with Gasteiger partial charge >= 0.3 is 5.97 Å². The van der Waals surface area contributed by atoms with Crippen molar-refractivity contribution in [2.24, 2.45) is 0 Å². The van der Waals surface area contributed by atoms with Gasteiger partial charge in [0.1, 0.15) is 0 Å². The van der Waals surface area contributed by atoms with E-state index in [-0.39, 0.29) is 24.5 Å². The normalized spacial score (nSPS) is 5.89. The first kappa shape index (κ1) is 15.8. The molecule has 0 saturated heterocycles. The van der Waals surface area contributed by atoms with Gasteiger partial charge in [-0.15, -0.1) is 0 Å². The van der Waals surface area contributed by atoms with Crippen LogP contribution in [-0.2, 0) is 9.53 Å². The summed E-state index contributed by atoms with van der Waals surface area (Å²) in [5, 5.41) is 0. The van der Waals surface area contributed by atoms with Crippen molar-refractivity contribution in [2.45, 2.75) is 6.92 Å². The zero-order valence-corrected chi connectivity index (χ0v) is 6.44. The van der Waals surface area contributed by atoms with Gasteiger partial charge in [0.25, 0.3) is 0 Å². The molecular formula is C5H12ClNO2. The van der Waals surface area contributed by atoms with Crippen molar-refractivity contribution in [2.75, 3.05) is 6.61 Å². The van der Waals surface area contributed by atoms with Crippen molar-refractivity contribution in [3.05, 3.63) is 12.7 Å². The number of rotatable bonds is 2. The minimum Gasteiger partial charge on any atom is -1.00 e. The number of esters is 1. The van der Waals surface area contributed by atoms with Crippen LogP contribution in [0.4, 0.5) is 0 Å². The Hall–Kier alpha value is -0.540. The molecule has 0 aliphatic rings. The van der Waals surface area contributed by atoms with E-state index in [0.717, 1.165) is 6.08 Å². The average Bonchev–Trinajstić information content (AvgIpc) is 1.68. The van der Waals surface area contributed by atoms with E-state index in [0.29, 0.717) is 6.61 Å². The summed E-state index contributed by atoms with van der Waals surface area (Å²) < 4.78 is 4.43. The smallest absolute Gasteiger partial charge is 0.330 e. The van der Waals surface area contributed by atoms with Gasteiger partial charge in [-0.2, -0.15) is 0 Å². The standard InChI is InChI=1S/C5H8O2.ClH.H3N/c1-3-5(6)7-4-2;;/h3H,1,4H2,2H3;1H;1H3. The third-order valence-corrected chi connectivity index (χ3v) is 0.453. The Morgan fingerprint density at radius 2 is 2.22 bits per heavy atom. The molecule has 0 rings (SSSR count). The van der Waals surface area contributed by atoms with Crippen LogP contribution in [0, 0.1) is 0 Å². The fourth-order valence-electron chi connectivity index (χ4n) is 0.201. The van der Waals surface area contributed by atoms with E-state index in [2.05, 4.69) is 11.3 Å². The molecular weight excluding hydrogens is 142 g/mol. The number of quaternary nitrogens is 1. The molecule has 0 saturated carbocycles. The van der Waals surface area contributed by atoms with E-state index < -0.39 is 0 Å². The first-order valence-corrected chi connectivity index (χ1v) is 2.10. The van der Waals surface area contributed by atoms with Crippen LogP contribution in [0.3, 0.4) is 0 Å². The minimum atomic E-state index is -0.359. The predicted octanol–water partition coefficient (Wildman–Crippen LogP) is -1.88. The van der Waals surface area contributed by atoms with E-state index in [9.17, 15) is 4.79 Å². The van der Waals surface area contributed by atoms with E-state index in [1.165, 1.54) is 0 Å². The van der Waals surface area contributed by atoms with Crippen molar-refractivity contribution in [3.8, 4) is 0 Å². The Labute approximate surface area is 61.1 Å². The fraction of sp³-hybridized carbons (Fsp3) is 0.400. The Balaban J connectivity index is -0.000000180. The second-order valence-electron chi connectivity index (χ2n) is 0.956. The maximum atomic E-state index is 10.1. The number of ether oxygens (including phenoxy) is 1. The van der Waals surface area contributed by atoms with Crippen LogP contribution in [0.15, 0.2) is 12.7 Å². The molecule has 0 unspecified atom stereocenters. The lowest BCUT2D eigenvalue weighted by atomic mass is 10.6. The van der Waals surface area contributed by atoms with Crippen molar-refractivity contribution in [3.63, 3.8) is 0 Å². The zero-order chi connectivity index (χ0) is 5.70. The molecule has 4 N–H and O–H groups in total. The number of carbonyl (C=O) groups is 1. The lowest BCUT2D eigenvalue weighted by Gasteiger charge is -1.90. The van der Waals surface area contributed by atoms with Gasteiger partial charge in [-0.1, -0.05) is 6.58 Å². The molecule has 0 aromatic heterocycles. The second kappa shape index (κ2) is 10.4. The topological polar surface area (TPSA) is 62.8 Å². The van der Waals surface area contributed by atoms with Crippen LogP contribution >= 0.6 is 0 Å². The van der Waals surface area contributed by atoms with Gasteiger partial charge in [0.15, 0.2) is 0 Å². The Morgan fingerprint density at radius 1 is 1.78 bits per heavy atom. The maximum Gasteiger partial charge on any atom is 0.330 e. The molecule has 0 aromatic carbocycles. The highest BCUT2D eigenvalue weighted by Crippen LogP contribution is 1.74. The molecule has 0 aliphatic carbocycles. The summed E-state index contributed by atoms with van der Waals surface area (Å²) in [5.74, 6) is -0.359. The van der Waals surface area contributed by atoms with Crippen LogP contribution in [-0.4, -0.2) is 12.6 Å². The molecule has 0 aliphatic heterocycles. The van der Waals surface area contributed by atoms with Gasteiger partial charge in [0.2, 0.25) is 0 Å². The molecule has 0 bridgehead atoms. The summed E-state index contributed by atoms with van der Waals surface area (Å²) in [4.78, 5) is 10.1. The van der Waals surface area contributed by atoms with Crippen LogP contribution < -0.4 is 18.6 Å². The third-order valence-electron chi connectivity index (χ3n) is 0.453. The van der Waals surface area contributed by atoms with E-state index in [4.69, 9.17) is 0 Å². The van der Waals surface area contributed by atoms with Gasteiger partial charge < -0.3 is 23.3 Å². The van der Waals surface area contributed by atoms with Gasteiger partial charge in [-0.25, -0.2) is 4.79 Å². The average molecular weight is 154 g/mol. The van der Waals surface area contributed by atoms with E-state index >= 15 is 0 Å². The Bertz CT molecular complexity index is 85.0. The van der Waals surface area contributed by atoms with Crippen LogP contribution in [0.1, 0.15) is 6.92 Å². The molecule has 0 heterocycles. The third kappa shape index (κ3) is 11.2. The highest BCUT2D eigenvalue weighted by molar-refractivity contribution is 5.81. The maximum absolute atomic E-state index is 10.1. The SMILES string of the molecule is C=CC(=O)OCC.[Cl-].[NH4+]. The van der Waals surface area contributed by atoms with Crippen LogP contribution in [0.5, 0.6) is 0 Å². The zero-order valence-electron chi connectivity index (χ0n) is 5.69. The molecule has 9 heavy (non-hydrogen) atoms. The van der Waals surface area contributed by atoms with Crippen molar-refractivity contribution < 1.29 is 21.9 Å². The first-order valence-electron chi connectivity index (χ1n) is 2.10. The summed E-state index contributed by atoms with van der Waals surface area (Å²) >= 11 is 0. The molecule has 0 aromatic rings. The summed E-state index contributed by atoms with van der Waals surface area (Å²) in [6.45, 7) is 5.38. The summed E-state index contributed by atoms with van der Waals surface area (Å²) in [5.41, 5.74) is 0. The highest BCUT2D eigenvalue weighted by atomic mass is 35.5. The molecule has 0 amide bonds. The van der Waals surface area contributed by atoms with Gasteiger partial charge in [-0.05, 0) is 6.92 Å². The summed E-state index contributed by atoms with van der Waals surface area (Å²) in [6, 6.07) is 0. The van der Waals surface area contributed by atoms with E-state index in [1.807, 2.05) is 0 Å². The molecule has 0 radical (unpaired) electrons. The molecule has 0 spiro atoms. The summed E-state index contributed by atoms with van der Waals surface area (Å²) in [7, 11) is 0. The lowest BCUT2D eigenvalue weighted by molar-refractivity contribution is -0.137. The lowest BCUT2D eigenvalue weighted by Crippen LogP contribution is -3.00. The first-order chi connectivity index (χ1) is 3.31. The van der Waals surface area contributed by atoms with E-state index in [1.54, 1.807) is 6.92 Å².